The topological polar surface area (TPSA) is 57.7 Å². The fourth-order valence-corrected chi connectivity index (χ4v) is 4.02. The standard InChI is InChI=1S/C19H22Cl2N2O3S/c1-4-22(5-2)19(24)15-11-9-14(10-12-15)13-23(27(3,25)26)17-8-6-7-16(20)18(17)21/h6-12H,4-5,13H2,1-3H3. The molecule has 0 aliphatic rings. The Kier molecular flexibility index (Phi) is 7.14. The van der Waals surface area contributed by atoms with E-state index in [1.807, 2.05) is 13.8 Å². The minimum Gasteiger partial charge on any atom is -0.339 e. The molecule has 0 atom stereocenters. The van der Waals surface area contributed by atoms with Gasteiger partial charge in [-0.1, -0.05) is 41.4 Å². The molecule has 0 aliphatic carbocycles. The van der Waals surface area contributed by atoms with Gasteiger partial charge in [0.2, 0.25) is 10.0 Å². The number of hydrogen-bond donors (Lipinski definition) is 0. The number of nitrogens with zero attached hydrogens (tertiary/aromatic N) is 2. The Hall–Kier alpha value is -1.76. The molecular weight excluding hydrogens is 407 g/mol. The van der Waals surface area contributed by atoms with E-state index in [9.17, 15) is 13.2 Å². The molecule has 146 valence electrons. The van der Waals surface area contributed by atoms with Gasteiger partial charge >= 0.3 is 0 Å². The predicted molar refractivity (Wildman–Crippen MR) is 111 cm³/mol. The third-order valence-corrected chi connectivity index (χ3v) is 6.11. The molecule has 2 rings (SSSR count). The second-order valence-corrected chi connectivity index (χ2v) is 8.71. The van der Waals surface area contributed by atoms with Gasteiger partial charge in [-0.15, -0.1) is 0 Å². The van der Waals surface area contributed by atoms with Crippen LogP contribution in [0.2, 0.25) is 10.0 Å². The molecule has 0 N–H and O–H groups in total. The van der Waals surface area contributed by atoms with E-state index in [0.717, 1.165) is 11.8 Å². The number of sulfonamides is 1. The van der Waals surface area contributed by atoms with Crippen LogP contribution in [0.1, 0.15) is 29.8 Å². The molecular formula is C19H22Cl2N2O3S. The zero-order valence-electron chi connectivity index (χ0n) is 15.4. The first kappa shape index (κ1) is 21.5. The van der Waals surface area contributed by atoms with E-state index < -0.39 is 10.0 Å². The summed E-state index contributed by atoms with van der Waals surface area (Å²) in [6, 6.07) is 11.7. The van der Waals surface area contributed by atoms with E-state index in [1.54, 1.807) is 47.4 Å². The summed E-state index contributed by atoms with van der Waals surface area (Å²) < 4.78 is 25.8. The smallest absolute Gasteiger partial charge is 0.253 e. The van der Waals surface area contributed by atoms with Crippen LogP contribution in [0.3, 0.4) is 0 Å². The summed E-state index contributed by atoms with van der Waals surface area (Å²) in [5.41, 5.74) is 1.61. The number of anilines is 1. The van der Waals surface area contributed by atoms with Crippen molar-refractivity contribution in [2.75, 3.05) is 23.7 Å². The lowest BCUT2D eigenvalue weighted by atomic mass is 10.1. The summed E-state index contributed by atoms with van der Waals surface area (Å²) in [6.07, 6.45) is 1.11. The monoisotopic (exact) mass is 428 g/mol. The lowest BCUT2D eigenvalue weighted by molar-refractivity contribution is 0.0773. The Balaban J connectivity index is 2.32. The molecule has 0 saturated carbocycles. The molecule has 0 unspecified atom stereocenters. The molecule has 2 aromatic carbocycles. The van der Waals surface area contributed by atoms with Gasteiger partial charge in [-0.05, 0) is 43.7 Å². The summed E-state index contributed by atoms with van der Waals surface area (Å²) in [5, 5.41) is 0.459. The first-order chi connectivity index (χ1) is 12.7. The zero-order chi connectivity index (χ0) is 20.2. The van der Waals surface area contributed by atoms with Crippen LogP contribution in [0.15, 0.2) is 42.5 Å². The minimum absolute atomic E-state index is 0.0515. The van der Waals surface area contributed by atoms with Gasteiger partial charge in [0.25, 0.3) is 5.91 Å². The highest BCUT2D eigenvalue weighted by Gasteiger charge is 2.22. The minimum atomic E-state index is -3.59. The van der Waals surface area contributed by atoms with E-state index in [-0.39, 0.29) is 22.5 Å². The van der Waals surface area contributed by atoms with Crippen LogP contribution in [0.5, 0.6) is 0 Å². The van der Waals surface area contributed by atoms with Crippen molar-refractivity contribution in [3.63, 3.8) is 0 Å². The van der Waals surface area contributed by atoms with Crippen molar-refractivity contribution in [1.82, 2.24) is 4.90 Å². The van der Waals surface area contributed by atoms with E-state index in [0.29, 0.717) is 24.3 Å². The maximum Gasteiger partial charge on any atom is 0.253 e. The molecule has 0 heterocycles. The first-order valence-corrected chi connectivity index (χ1v) is 11.1. The van der Waals surface area contributed by atoms with E-state index >= 15 is 0 Å². The molecule has 2 aromatic rings. The van der Waals surface area contributed by atoms with Gasteiger partial charge in [-0.3, -0.25) is 9.10 Å². The highest BCUT2D eigenvalue weighted by atomic mass is 35.5. The number of rotatable bonds is 7. The number of carbonyl (C=O) groups excluding carboxylic acids is 1. The van der Waals surface area contributed by atoms with Crippen molar-refractivity contribution in [1.29, 1.82) is 0 Å². The largest absolute Gasteiger partial charge is 0.339 e. The molecule has 8 heteroatoms. The summed E-state index contributed by atoms with van der Waals surface area (Å²) in [4.78, 5) is 14.1. The normalized spacial score (nSPS) is 11.3. The number of benzene rings is 2. The van der Waals surface area contributed by atoms with Crippen LogP contribution in [-0.2, 0) is 16.6 Å². The van der Waals surface area contributed by atoms with Gasteiger partial charge in [-0.2, -0.15) is 0 Å². The quantitative estimate of drug-likeness (QED) is 0.654. The van der Waals surface area contributed by atoms with Crippen molar-refractivity contribution in [3.05, 3.63) is 63.6 Å². The SMILES string of the molecule is CCN(CC)C(=O)c1ccc(CN(c2cccc(Cl)c2Cl)S(C)(=O)=O)cc1. The molecule has 5 nitrogen and oxygen atoms in total. The lowest BCUT2D eigenvalue weighted by Gasteiger charge is -2.24. The van der Waals surface area contributed by atoms with Crippen molar-refractivity contribution in [3.8, 4) is 0 Å². The second kappa shape index (κ2) is 8.95. The average molecular weight is 429 g/mol. The first-order valence-electron chi connectivity index (χ1n) is 8.49. The molecule has 0 saturated heterocycles. The van der Waals surface area contributed by atoms with Gasteiger partial charge in [0, 0.05) is 18.7 Å². The van der Waals surface area contributed by atoms with Gasteiger partial charge in [0.1, 0.15) is 0 Å². The maximum atomic E-state index is 12.4. The number of hydrogen-bond acceptors (Lipinski definition) is 3. The molecule has 27 heavy (non-hydrogen) atoms. The van der Waals surface area contributed by atoms with Gasteiger partial charge < -0.3 is 4.90 Å². The highest BCUT2D eigenvalue weighted by Crippen LogP contribution is 2.34. The third-order valence-electron chi connectivity index (χ3n) is 4.18. The summed E-state index contributed by atoms with van der Waals surface area (Å²) in [5.74, 6) is -0.0515. The number of carbonyl (C=O) groups is 1. The van der Waals surface area contributed by atoms with Gasteiger partial charge in [0.15, 0.2) is 0 Å². The highest BCUT2D eigenvalue weighted by molar-refractivity contribution is 7.92. The number of amides is 1. The van der Waals surface area contributed by atoms with Crippen LogP contribution in [0, 0.1) is 0 Å². The van der Waals surface area contributed by atoms with Crippen LogP contribution in [0.25, 0.3) is 0 Å². The Labute approximate surface area is 170 Å². The zero-order valence-corrected chi connectivity index (χ0v) is 17.8. The van der Waals surface area contributed by atoms with Crippen LogP contribution >= 0.6 is 23.2 Å². The van der Waals surface area contributed by atoms with Crippen LogP contribution in [0.4, 0.5) is 5.69 Å². The van der Waals surface area contributed by atoms with Gasteiger partial charge in [0.05, 0.1) is 28.5 Å². The number of halogens is 2. The third kappa shape index (κ3) is 5.15. The van der Waals surface area contributed by atoms with E-state index in [4.69, 9.17) is 23.2 Å². The van der Waals surface area contributed by atoms with Crippen LogP contribution < -0.4 is 4.31 Å². The molecule has 0 aliphatic heterocycles. The molecule has 0 spiro atoms. The van der Waals surface area contributed by atoms with Crippen molar-refractivity contribution in [2.24, 2.45) is 0 Å². The molecule has 1 amide bonds. The maximum absolute atomic E-state index is 12.4. The second-order valence-electron chi connectivity index (χ2n) is 6.02. The van der Waals surface area contributed by atoms with Crippen LogP contribution in [-0.4, -0.2) is 38.6 Å². The van der Waals surface area contributed by atoms with E-state index in [1.165, 1.54) is 4.31 Å². The Morgan fingerprint density at radius 1 is 1.00 bits per heavy atom. The summed E-state index contributed by atoms with van der Waals surface area (Å²) in [6.45, 7) is 5.19. The fraction of sp³-hybridized carbons (Fsp3) is 0.316. The molecule has 0 radical (unpaired) electrons. The predicted octanol–water partition coefficient (Wildman–Crippen LogP) is 4.44. The molecule has 0 aromatic heterocycles. The Bertz CT molecular complexity index is 911. The Morgan fingerprint density at radius 3 is 2.11 bits per heavy atom. The molecule has 0 bridgehead atoms. The molecule has 0 fully saturated rings. The lowest BCUT2D eigenvalue weighted by Crippen LogP contribution is -2.31. The average Bonchev–Trinajstić information content (AvgIpc) is 2.63. The Morgan fingerprint density at radius 2 is 1.59 bits per heavy atom. The van der Waals surface area contributed by atoms with E-state index in [2.05, 4.69) is 0 Å². The summed E-state index contributed by atoms with van der Waals surface area (Å²) >= 11 is 12.2. The van der Waals surface area contributed by atoms with Gasteiger partial charge in [-0.25, -0.2) is 8.42 Å². The van der Waals surface area contributed by atoms with Crippen molar-refractivity contribution < 1.29 is 13.2 Å². The van der Waals surface area contributed by atoms with Crippen molar-refractivity contribution >= 4 is 44.8 Å². The van der Waals surface area contributed by atoms with Crippen molar-refractivity contribution in [2.45, 2.75) is 20.4 Å². The summed E-state index contributed by atoms with van der Waals surface area (Å²) in [7, 11) is -3.59. The fourth-order valence-electron chi connectivity index (χ4n) is 2.68.